The van der Waals surface area contributed by atoms with E-state index in [9.17, 15) is 0 Å². The van der Waals surface area contributed by atoms with Crippen molar-refractivity contribution in [3.63, 3.8) is 0 Å². The lowest BCUT2D eigenvalue weighted by Gasteiger charge is -2.35. The highest BCUT2D eigenvalue weighted by Crippen LogP contribution is 2.38. The Kier molecular flexibility index (Phi) is 6.59. The van der Waals surface area contributed by atoms with Crippen LogP contribution in [0.15, 0.2) is 30.3 Å². The first kappa shape index (κ1) is 15.6. The number of benzene rings is 1. The highest BCUT2D eigenvalue weighted by atomic mass is 14.9. The van der Waals surface area contributed by atoms with Crippen molar-refractivity contribution in [1.29, 1.82) is 0 Å². The predicted octanol–water partition coefficient (Wildman–Crippen LogP) is 5.33. The van der Waals surface area contributed by atoms with E-state index in [4.69, 9.17) is 0 Å². The van der Waals surface area contributed by atoms with Crippen LogP contribution in [0, 0.1) is 11.8 Å². The Bertz CT molecular complexity index is 351. The van der Waals surface area contributed by atoms with Gasteiger partial charge in [0.25, 0.3) is 0 Å². The molecule has 0 radical (unpaired) electrons. The zero-order valence-electron chi connectivity index (χ0n) is 13.3. The third-order valence-corrected chi connectivity index (χ3v) is 4.83. The molecule has 1 nitrogen and oxygen atoms in total. The quantitative estimate of drug-likeness (QED) is 0.707. The summed E-state index contributed by atoms with van der Waals surface area (Å²) < 4.78 is 0. The molecule has 1 fully saturated rings. The van der Waals surface area contributed by atoms with Crippen LogP contribution >= 0.6 is 0 Å². The minimum atomic E-state index is 0.568. The van der Waals surface area contributed by atoms with Crippen molar-refractivity contribution in [1.82, 2.24) is 5.32 Å². The van der Waals surface area contributed by atoms with Gasteiger partial charge in [-0.15, -0.1) is 0 Å². The van der Waals surface area contributed by atoms with Crippen LogP contribution in [0.4, 0.5) is 0 Å². The van der Waals surface area contributed by atoms with Crippen LogP contribution in [0.3, 0.4) is 0 Å². The van der Waals surface area contributed by atoms with Gasteiger partial charge >= 0.3 is 0 Å². The van der Waals surface area contributed by atoms with Crippen LogP contribution in [-0.2, 0) is 0 Å². The summed E-state index contributed by atoms with van der Waals surface area (Å²) in [7, 11) is 0. The molecule has 0 amide bonds. The predicted molar refractivity (Wildman–Crippen MR) is 87.8 cm³/mol. The first-order valence-electron chi connectivity index (χ1n) is 8.63. The lowest BCUT2D eigenvalue weighted by atomic mass is 9.75. The Balaban J connectivity index is 1.97. The first-order chi connectivity index (χ1) is 9.85. The van der Waals surface area contributed by atoms with Gasteiger partial charge < -0.3 is 5.32 Å². The molecule has 0 bridgehead atoms. The fraction of sp³-hybridized carbons (Fsp3) is 0.684. The molecular weight excluding hydrogens is 242 g/mol. The van der Waals surface area contributed by atoms with E-state index in [1.165, 1.54) is 50.5 Å². The molecule has 1 N–H and O–H groups in total. The molecule has 112 valence electrons. The Morgan fingerprint density at radius 3 is 2.30 bits per heavy atom. The number of nitrogens with one attached hydrogen (secondary N) is 1. The molecule has 0 saturated heterocycles. The molecule has 1 saturated carbocycles. The molecule has 0 heterocycles. The third kappa shape index (κ3) is 4.34. The molecule has 20 heavy (non-hydrogen) atoms. The number of rotatable bonds is 7. The van der Waals surface area contributed by atoms with Gasteiger partial charge in [0.15, 0.2) is 0 Å². The summed E-state index contributed by atoms with van der Waals surface area (Å²) in [6.45, 7) is 5.71. The standard InChI is InChI=1S/C19H31N/c1-3-8-16-11-13-18(14-12-16)19(20-15-4-2)17-9-6-5-7-10-17/h5-7,9-10,16,18-20H,3-4,8,11-15H2,1-2H3. The SMILES string of the molecule is CCCNC(c1ccccc1)C1CCC(CCC)CC1. The molecule has 0 aromatic heterocycles. The molecule has 1 unspecified atom stereocenters. The van der Waals surface area contributed by atoms with E-state index in [1.54, 1.807) is 0 Å². The normalized spacial score (nSPS) is 24.5. The Morgan fingerprint density at radius 2 is 1.70 bits per heavy atom. The maximum Gasteiger partial charge on any atom is 0.0348 e. The van der Waals surface area contributed by atoms with Crippen molar-refractivity contribution in [2.75, 3.05) is 6.54 Å². The number of hydrogen-bond acceptors (Lipinski definition) is 1. The molecule has 1 aliphatic rings. The topological polar surface area (TPSA) is 12.0 Å². The fourth-order valence-electron chi connectivity index (χ4n) is 3.74. The van der Waals surface area contributed by atoms with Gasteiger partial charge in [0.2, 0.25) is 0 Å². The van der Waals surface area contributed by atoms with Gasteiger partial charge in [-0.3, -0.25) is 0 Å². The molecule has 1 aromatic carbocycles. The minimum absolute atomic E-state index is 0.568. The van der Waals surface area contributed by atoms with Crippen LogP contribution < -0.4 is 5.32 Å². The van der Waals surface area contributed by atoms with Crippen LogP contribution in [0.2, 0.25) is 0 Å². The maximum absolute atomic E-state index is 3.80. The zero-order chi connectivity index (χ0) is 14.2. The van der Waals surface area contributed by atoms with Crippen LogP contribution in [0.1, 0.15) is 70.4 Å². The molecule has 0 spiro atoms. The Hall–Kier alpha value is -0.820. The second kappa shape index (κ2) is 8.46. The van der Waals surface area contributed by atoms with Gasteiger partial charge in [-0.25, -0.2) is 0 Å². The highest BCUT2D eigenvalue weighted by Gasteiger charge is 2.27. The summed E-state index contributed by atoms with van der Waals surface area (Å²) in [5, 5.41) is 3.80. The molecule has 1 atom stereocenters. The van der Waals surface area contributed by atoms with Crippen LogP contribution in [0.5, 0.6) is 0 Å². The van der Waals surface area contributed by atoms with Gasteiger partial charge in [-0.1, -0.05) is 69.9 Å². The van der Waals surface area contributed by atoms with Gasteiger partial charge in [0.1, 0.15) is 0 Å². The highest BCUT2D eigenvalue weighted by molar-refractivity contribution is 5.20. The summed E-state index contributed by atoms with van der Waals surface area (Å²) in [4.78, 5) is 0. The summed E-state index contributed by atoms with van der Waals surface area (Å²) in [6, 6.07) is 11.6. The molecule has 1 heteroatoms. The third-order valence-electron chi connectivity index (χ3n) is 4.83. The maximum atomic E-state index is 3.80. The van der Waals surface area contributed by atoms with E-state index >= 15 is 0 Å². The summed E-state index contributed by atoms with van der Waals surface area (Å²) >= 11 is 0. The lowest BCUT2D eigenvalue weighted by molar-refractivity contribution is 0.214. The van der Waals surface area contributed by atoms with Crippen molar-refractivity contribution in [3.8, 4) is 0 Å². The molecule has 0 aliphatic heterocycles. The smallest absolute Gasteiger partial charge is 0.0348 e. The van der Waals surface area contributed by atoms with Crippen LogP contribution in [-0.4, -0.2) is 6.54 Å². The van der Waals surface area contributed by atoms with Crippen molar-refractivity contribution < 1.29 is 0 Å². The summed E-state index contributed by atoms with van der Waals surface area (Å²) in [5.41, 5.74) is 1.49. The van der Waals surface area contributed by atoms with E-state index in [-0.39, 0.29) is 0 Å². The van der Waals surface area contributed by atoms with Crippen LogP contribution in [0.25, 0.3) is 0 Å². The second-order valence-electron chi connectivity index (χ2n) is 6.41. The van der Waals surface area contributed by atoms with Gasteiger partial charge in [0, 0.05) is 6.04 Å². The van der Waals surface area contributed by atoms with E-state index in [1.807, 2.05) is 0 Å². The second-order valence-corrected chi connectivity index (χ2v) is 6.41. The van der Waals surface area contributed by atoms with Crippen molar-refractivity contribution >= 4 is 0 Å². The van der Waals surface area contributed by atoms with Crippen molar-refractivity contribution in [3.05, 3.63) is 35.9 Å². The lowest BCUT2D eigenvalue weighted by Crippen LogP contribution is -2.31. The molecular formula is C19H31N. The van der Waals surface area contributed by atoms with Gasteiger partial charge in [0.05, 0.1) is 0 Å². The molecule has 2 rings (SSSR count). The molecule has 1 aromatic rings. The zero-order valence-corrected chi connectivity index (χ0v) is 13.3. The van der Waals surface area contributed by atoms with E-state index in [0.717, 1.165) is 18.4 Å². The van der Waals surface area contributed by atoms with E-state index < -0.39 is 0 Å². The van der Waals surface area contributed by atoms with Crippen molar-refractivity contribution in [2.45, 2.75) is 64.8 Å². The van der Waals surface area contributed by atoms with Crippen molar-refractivity contribution in [2.24, 2.45) is 11.8 Å². The first-order valence-corrected chi connectivity index (χ1v) is 8.63. The Labute approximate surface area is 125 Å². The molecule has 1 aliphatic carbocycles. The average molecular weight is 273 g/mol. The summed E-state index contributed by atoms with van der Waals surface area (Å²) in [5.74, 6) is 1.83. The van der Waals surface area contributed by atoms with Gasteiger partial charge in [-0.2, -0.15) is 0 Å². The van der Waals surface area contributed by atoms with Gasteiger partial charge in [-0.05, 0) is 43.2 Å². The fourth-order valence-corrected chi connectivity index (χ4v) is 3.74. The number of hydrogen-bond donors (Lipinski definition) is 1. The van der Waals surface area contributed by atoms with E-state index in [2.05, 4.69) is 49.5 Å². The monoisotopic (exact) mass is 273 g/mol. The summed E-state index contributed by atoms with van der Waals surface area (Å²) in [6.07, 6.45) is 9.69. The Morgan fingerprint density at radius 1 is 1.00 bits per heavy atom. The van der Waals surface area contributed by atoms with E-state index in [0.29, 0.717) is 6.04 Å². The average Bonchev–Trinajstić information content (AvgIpc) is 2.51. The largest absolute Gasteiger partial charge is 0.310 e. The minimum Gasteiger partial charge on any atom is -0.310 e.